The topological polar surface area (TPSA) is 81.4 Å². The van der Waals surface area contributed by atoms with Crippen LogP contribution in [-0.4, -0.2) is 23.6 Å². The van der Waals surface area contributed by atoms with Gasteiger partial charge in [0, 0.05) is 12.6 Å². The van der Waals surface area contributed by atoms with Crippen molar-refractivity contribution in [1.82, 2.24) is 10.5 Å². The average Bonchev–Trinajstić information content (AvgIpc) is 2.92. The molecule has 1 amide bonds. The lowest BCUT2D eigenvalue weighted by Crippen LogP contribution is -2.23. The number of hydrogen-bond donors (Lipinski definition) is 1. The van der Waals surface area contributed by atoms with E-state index in [9.17, 15) is 9.59 Å². The smallest absolute Gasteiger partial charge is 0.338 e. The van der Waals surface area contributed by atoms with Crippen LogP contribution in [0.5, 0.6) is 0 Å². The number of rotatable bonds is 5. The Bertz CT molecular complexity index is 631. The largest absolute Gasteiger partial charge is 0.462 e. The maximum absolute atomic E-state index is 11.8. The van der Waals surface area contributed by atoms with Crippen molar-refractivity contribution >= 4 is 11.9 Å². The Morgan fingerprint density at radius 2 is 2.00 bits per heavy atom. The van der Waals surface area contributed by atoms with Crippen LogP contribution in [-0.2, 0) is 11.3 Å². The number of ether oxygens (including phenoxy) is 1. The minimum absolute atomic E-state index is 0.246. The lowest BCUT2D eigenvalue weighted by Gasteiger charge is -2.05. The van der Waals surface area contributed by atoms with Gasteiger partial charge >= 0.3 is 5.97 Å². The third-order valence-electron chi connectivity index (χ3n) is 2.78. The molecule has 1 aromatic heterocycles. The number of benzene rings is 1. The monoisotopic (exact) mass is 288 g/mol. The molecule has 1 heterocycles. The quantitative estimate of drug-likeness (QED) is 0.852. The summed E-state index contributed by atoms with van der Waals surface area (Å²) in [4.78, 5) is 23.3. The molecule has 2 aromatic rings. The van der Waals surface area contributed by atoms with Crippen molar-refractivity contribution in [3.05, 3.63) is 52.9 Å². The maximum atomic E-state index is 11.8. The lowest BCUT2D eigenvalue weighted by atomic mass is 10.1. The van der Waals surface area contributed by atoms with Crippen molar-refractivity contribution in [1.29, 1.82) is 0 Å². The second-order valence-corrected chi connectivity index (χ2v) is 4.42. The molecule has 0 bridgehead atoms. The summed E-state index contributed by atoms with van der Waals surface area (Å²) in [5.74, 6) is -0.0774. The highest BCUT2D eigenvalue weighted by atomic mass is 16.5. The molecule has 0 radical (unpaired) electrons. The average molecular weight is 288 g/mol. The Hall–Kier alpha value is -2.63. The molecule has 110 valence electrons. The first-order chi connectivity index (χ1) is 10.1. The first-order valence-corrected chi connectivity index (χ1v) is 6.57. The van der Waals surface area contributed by atoms with E-state index >= 15 is 0 Å². The van der Waals surface area contributed by atoms with Crippen LogP contribution in [0.2, 0.25) is 0 Å². The highest BCUT2D eigenvalue weighted by Gasteiger charge is 2.10. The number of hydrogen-bond acceptors (Lipinski definition) is 5. The minimum atomic E-state index is -0.355. The third-order valence-corrected chi connectivity index (χ3v) is 2.78. The second-order valence-electron chi connectivity index (χ2n) is 4.42. The number of amides is 1. The van der Waals surface area contributed by atoms with Gasteiger partial charge in [0.05, 0.1) is 12.2 Å². The van der Waals surface area contributed by atoms with Gasteiger partial charge in [-0.1, -0.05) is 17.3 Å². The summed E-state index contributed by atoms with van der Waals surface area (Å²) >= 11 is 0. The summed E-state index contributed by atoms with van der Waals surface area (Å²) in [6.07, 6.45) is 0. The molecule has 21 heavy (non-hydrogen) atoms. The Morgan fingerprint density at radius 3 is 2.57 bits per heavy atom. The van der Waals surface area contributed by atoms with Crippen LogP contribution in [0.1, 0.15) is 39.1 Å². The van der Waals surface area contributed by atoms with E-state index in [1.807, 2.05) is 0 Å². The summed E-state index contributed by atoms with van der Waals surface area (Å²) in [7, 11) is 0. The van der Waals surface area contributed by atoms with Crippen LogP contribution in [0.4, 0.5) is 0 Å². The number of nitrogens with one attached hydrogen (secondary N) is 1. The molecule has 0 unspecified atom stereocenters. The van der Waals surface area contributed by atoms with E-state index in [2.05, 4.69) is 10.5 Å². The van der Waals surface area contributed by atoms with Crippen molar-refractivity contribution in [2.24, 2.45) is 0 Å². The minimum Gasteiger partial charge on any atom is -0.462 e. The van der Waals surface area contributed by atoms with Gasteiger partial charge in [-0.05, 0) is 31.5 Å². The predicted octanol–water partition coefficient (Wildman–Crippen LogP) is 2.09. The van der Waals surface area contributed by atoms with Gasteiger partial charge in [0.1, 0.15) is 5.76 Å². The fraction of sp³-hybridized carbons (Fsp3) is 0.267. The molecule has 0 aliphatic rings. The van der Waals surface area contributed by atoms with E-state index in [0.717, 1.165) is 5.56 Å². The standard InChI is InChI=1S/C15H16N2O4/c1-3-20-15(19)12-6-4-11(5-7-12)9-16-14(18)13-8-10(2)21-17-13/h4-8H,3,9H2,1-2H3,(H,16,18). The highest BCUT2D eigenvalue weighted by molar-refractivity contribution is 5.92. The molecule has 6 nitrogen and oxygen atoms in total. The predicted molar refractivity (Wildman–Crippen MR) is 74.8 cm³/mol. The van der Waals surface area contributed by atoms with E-state index in [1.165, 1.54) is 0 Å². The number of aryl methyl sites for hydroxylation is 1. The van der Waals surface area contributed by atoms with Gasteiger partial charge < -0.3 is 14.6 Å². The van der Waals surface area contributed by atoms with Crippen LogP contribution in [0.3, 0.4) is 0 Å². The molecule has 0 saturated carbocycles. The molecule has 2 rings (SSSR count). The van der Waals surface area contributed by atoms with Gasteiger partial charge in [-0.15, -0.1) is 0 Å². The Morgan fingerprint density at radius 1 is 1.29 bits per heavy atom. The van der Waals surface area contributed by atoms with E-state index in [4.69, 9.17) is 9.26 Å². The van der Waals surface area contributed by atoms with Crippen molar-refractivity contribution in [2.75, 3.05) is 6.61 Å². The van der Waals surface area contributed by atoms with Crippen LogP contribution in [0.25, 0.3) is 0 Å². The van der Waals surface area contributed by atoms with Crippen LogP contribution < -0.4 is 5.32 Å². The first-order valence-electron chi connectivity index (χ1n) is 6.57. The van der Waals surface area contributed by atoms with Gasteiger partial charge in [-0.3, -0.25) is 4.79 Å². The first kappa shape index (κ1) is 14.8. The van der Waals surface area contributed by atoms with Crippen LogP contribution in [0.15, 0.2) is 34.9 Å². The van der Waals surface area contributed by atoms with E-state index < -0.39 is 0 Å². The zero-order valence-corrected chi connectivity index (χ0v) is 11.9. The zero-order chi connectivity index (χ0) is 15.2. The van der Waals surface area contributed by atoms with Crippen LogP contribution in [0, 0.1) is 6.92 Å². The molecular formula is C15H16N2O4. The van der Waals surface area contributed by atoms with Crippen molar-refractivity contribution in [3.8, 4) is 0 Å². The van der Waals surface area contributed by atoms with Gasteiger partial charge in [-0.2, -0.15) is 0 Å². The van der Waals surface area contributed by atoms with Crippen molar-refractivity contribution in [3.63, 3.8) is 0 Å². The molecule has 6 heteroatoms. The molecule has 0 saturated heterocycles. The highest BCUT2D eigenvalue weighted by Crippen LogP contribution is 2.07. The Labute approximate surface area is 122 Å². The fourth-order valence-corrected chi connectivity index (χ4v) is 1.72. The molecular weight excluding hydrogens is 272 g/mol. The summed E-state index contributed by atoms with van der Waals surface area (Å²) in [6.45, 7) is 4.16. The summed E-state index contributed by atoms with van der Waals surface area (Å²) in [5.41, 5.74) is 1.60. The zero-order valence-electron chi connectivity index (χ0n) is 11.9. The van der Waals surface area contributed by atoms with Crippen molar-refractivity contribution in [2.45, 2.75) is 20.4 Å². The van der Waals surface area contributed by atoms with E-state index in [1.54, 1.807) is 44.2 Å². The second kappa shape index (κ2) is 6.69. The Kier molecular flexibility index (Phi) is 4.71. The molecule has 0 fully saturated rings. The van der Waals surface area contributed by atoms with Gasteiger partial charge in [0.2, 0.25) is 0 Å². The molecule has 1 aromatic carbocycles. The summed E-state index contributed by atoms with van der Waals surface area (Å²) in [5, 5.41) is 6.36. The SMILES string of the molecule is CCOC(=O)c1ccc(CNC(=O)c2cc(C)on2)cc1. The van der Waals surface area contributed by atoms with Gasteiger partial charge in [-0.25, -0.2) is 4.79 Å². The third kappa shape index (κ3) is 3.92. The maximum Gasteiger partial charge on any atom is 0.338 e. The normalized spacial score (nSPS) is 10.2. The molecule has 0 atom stereocenters. The number of esters is 1. The van der Waals surface area contributed by atoms with Gasteiger partial charge in [0.25, 0.3) is 5.91 Å². The fourth-order valence-electron chi connectivity index (χ4n) is 1.72. The van der Waals surface area contributed by atoms with Gasteiger partial charge in [0.15, 0.2) is 5.69 Å². The molecule has 0 spiro atoms. The molecule has 1 N–H and O–H groups in total. The number of aromatic nitrogens is 1. The van der Waals surface area contributed by atoms with Crippen molar-refractivity contribution < 1.29 is 18.8 Å². The van der Waals surface area contributed by atoms with E-state index in [-0.39, 0.29) is 17.6 Å². The summed E-state index contributed by atoms with van der Waals surface area (Å²) in [6, 6.07) is 8.43. The molecule has 0 aliphatic heterocycles. The molecule has 0 aliphatic carbocycles. The number of nitrogens with zero attached hydrogens (tertiary/aromatic N) is 1. The number of carbonyl (C=O) groups is 2. The Balaban J connectivity index is 1.92. The lowest BCUT2D eigenvalue weighted by molar-refractivity contribution is 0.0526. The number of carbonyl (C=O) groups excluding carboxylic acids is 2. The van der Waals surface area contributed by atoms with E-state index in [0.29, 0.717) is 24.5 Å². The van der Waals surface area contributed by atoms with Crippen LogP contribution >= 0.6 is 0 Å². The summed E-state index contributed by atoms with van der Waals surface area (Å²) < 4.78 is 9.74.